The Balaban J connectivity index is 2.34. The monoisotopic (exact) mass is 254 g/mol. The fourth-order valence-corrected chi connectivity index (χ4v) is 11.9. The summed E-state index contributed by atoms with van der Waals surface area (Å²) in [7, 11) is -2.38. The van der Waals surface area contributed by atoms with E-state index in [4.69, 9.17) is 0 Å². The molecule has 2 aromatic carbocycles. The van der Waals surface area contributed by atoms with Gasteiger partial charge in [-0.25, -0.2) is 0 Å². The number of hydrogen-bond acceptors (Lipinski definition) is 0. The standard InChI is InChI=1S/C15H18Si2/c1-16-12-8-4-6-10-14(12)17(2,3)15-11-7-5-9-13(15)16/h4-11,16H,1-3H3. The zero-order valence-corrected chi connectivity index (χ0v) is 12.9. The second-order valence-electron chi connectivity index (χ2n) is 5.52. The quantitative estimate of drug-likeness (QED) is 0.610. The largest absolute Gasteiger partial charge is 0.111 e. The van der Waals surface area contributed by atoms with Gasteiger partial charge in [-0.05, 0) is 0 Å². The van der Waals surface area contributed by atoms with E-state index in [9.17, 15) is 0 Å². The minimum atomic E-state index is -1.44. The van der Waals surface area contributed by atoms with Gasteiger partial charge in [0, 0.05) is 0 Å². The molecule has 0 nitrogen and oxygen atoms in total. The smallest absolute Gasteiger partial charge is 0.0642 e. The molecule has 1 heterocycles. The molecule has 2 aromatic rings. The molecule has 0 N–H and O–H groups in total. The maximum atomic E-state index is 2.49. The topological polar surface area (TPSA) is 0 Å². The molecule has 86 valence electrons. The molecule has 0 radical (unpaired) electrons. The SMILES string of the molecule is C[SiH]1c2ccccc2[Si](C)(C)c2ccccc21. The zero-order chi connectivity index (χ0) is 12.0. The van der Waals surface area contributed by atoms with Crippen LogP contribution < -0.4 is 20.7 Å². The van der Waals surface area contributed by atoms with Crippen LogP contribution in [-0.4, -0.2) is 16.9 Å². The van der Waals surface area contributed by atoms with Crippen LogP contribution in [0, 0.1) is 0 Å². The summed E-state index contributed by atoms with van der Waals surface area (Å²) in [5, 5.41) is 6.72. The molecule has 0 saturated carbocycles. The molecule has 0 bridgehead atoms. The van der Waals surface area contributed by atoms with Gasteiger partial charge in [-0.2, -0.15) is 0 Å². The first-order valence-corrected chi connectivity index (χ1v) is 11.6. The Labute approximate surface area is 106 Å². The van der Waals surface area contributed by atoms with Crippen LogP contribution in [0.1, 0.15) is 0 Å². The van der Waals surface area contributed by atoms with Crippen LogP contribution in [0.5, 0.6) is 0 Å². The summed E-state index contributed by atoms with van der Waals surface area (Å²) < 4.78 is 0. The molecular formula is C15H18Si2. The summed E-state index contributed by atoms with van der Waals surface area (Å²) in [6.07, 6.45) is 0. The normalized spacial score (nSPS) is 17.4. The molecular weight excluding hydrogens is 236 g/mol. The van der Waals surface area contributed by atoms with Crippen LogP contribution in [0.25, 0.3) is 0 Å². The summed E-state index contributed by atoms with van der Waals surface area (Å²) in [6.45, 7) is 7.46. The first-order valence-electron chi connectivity index (χ1n) is 6.31. The van der Waals surface area contributed by atoms with Gasteiger partial charge in [0.05, 0.1) is 8.80 Å². The Bertz CT molecular complexity index is 523. The molecule has 1 aliphatic rings. The molecule has 0 spiro atoms. The maximum Gasteiger partial charge on any atom is 0.111 e. The first kappa shape index (κ1) is 11.0. The van der Waals surface area contributed by atoms with Gasteiger partial charge in [-0.3, -0.25) is 0 Å². The number of fused-ring (bicyclic) bond motifs is 2. The van der Waals surface area contributed by atoms with Gasteiger partial charge in [0.15, 0.2) is 0 Å². The van der Waals surface area contributed by atoms with Crippen molar-refractivity contribution >= 4 is 37.6 Å². The van der Waals surface area contributed by atoms with Gasteiger partial charge in [-0.15, -0.1) is 0 Å². The van der Waals surface area contributed by atoms with Crippen LogP contribution in [0.2, 0.25) is 19.6 Å². The lowest BCUT2D eigenvalue weighted by Gasteiger charge is -2.36. The van der Waals surface area contributed by atoms with E-state index in [2.05, 4.69) is 68.2 Å². The lowest BCUT2D eigenvalue weighted by atomic mass is 10.3. The third-order valence-corrected chi connectivity index (χ3v) is 11.3. The number of benzene rings is 2. The Morgan fingerprint density at radius 3 is 1.65 bits per heavy atom. The predicted octanol–water partition coefficient (Wildman–Crippen LogP) is 0.794. The molecule has 1 aliphatic heterocycles. The van der Waals surface area contributed by atoms with E-state index in [1.165, 1.54) is 0 Å². The minimum Gasteiger partial charge on any atom is -0.0642 e. The van der Waals surface area contributed by atoms with Crippen molar-refractivity contribution < 1.29 is 0 Å². The number of hydrogen-bond donors (Lipinski definition) is 0. The minimum absolute atomic E-state index is 0.937. The van der Waals surface area contributed by atoms with Crippen molar-refractivity contribution in [2.45, 2.75) is 19.6 Å². The summed E-state index contributed by atoms with van der Waals surface area (Å²) in [5.41, 5.74) is 0. The van der Waals surface area contributed by atoms with Crippen molar-refractivity contribution in [1.82, 2.24) is 0 Å². The van der Waals surface area contributed by atoms with E-state index >= 15 is 0 Å². The molecule has 3 rings (SSSR count). The van der Waals surface area contributed by atoms with Crippen LogP contribution in [0.3, 0.4) is 0 Å². The van der Waals surface area contributed by atoms with Crippen LogP contribution >= 0.6 is 0 Å². The molecule has 0 aliphatic carbocycles. The van der Waals surface area contributed by atoms with Gasteiger partial charge in [0.25, 0.3) is 0 Å². The average molecular weight is 254 g/mol. The molecule has 0 atom stereocenters. The van der Waals surface area contributed by atoms with E-state index in [0.717, 1.165) is 0 Å². The Morgan fingerprint density at radius 1 is 0.765 bits per heavy atom. The van der Waals surface area contributed by atoms with Gasteiger partial charge in [-0.1, -0.05) is 88.9 Å². The van der Waals surface area contributed by atoms with Crippen molar-refractivity contribution in [3.8, 4) is 0 Å². The van der Waals surface area contributed by atoms with Crippen LogP contribution in [0.15, 0.2) is 48.5 Å². The van der Waals surface area contributed by atoms with E-state index in [1.807, 2.05) is 0 Å². The second-order valence-corrected chi connectivity index (χ2v) is 12.5. The summed E-state index contributed by atoms with van der Waals surface area (Å²) >= 11 is 0. The highest BCUT2D eigenvalue weighted by Gasteiger charge is 2.37. The maximum absolute atomic E-state index is 2.49. The van der Waals surface area contributed by atoms with Crippen LogP contribution in [-0.2, 0) is 0 Å². The van der Waals surface area contributed by atoms with E-state index in [1.54, 1.807) is 20.7 Å². The third-order valence-electron chi connectivity index (χ3n) is 4.20. The highest BCUT2D eigenvalue weighted by atomic mass is 28.3. The van der Waals surface area contributed by atoms with E-state index < -0.39 is 16.9 Å². The Hall–Kier alpha value is -1.13. The number of rotatable bonds is 0. The van der Waals surface area contributed by atoms with Crippen molar-refractivity contribution in [1.29, 1.82) is 0 Å². The molecule has 17 heavy (non-hydrogen) atoms. The molecule has 0 saturated heterocycles. The highest BCUT2D eigenvalue weighted by Crippen LogP contribution is 2.08. The second kappa shape index (κ2) is 3.68. The summed E-state index contributed by atoms with van der Waals surface area (Å²) in [5.74, 6) is 0. The molecule has 0 unspecified atom stereocenters. The molecule has 2 heteroatoms. The molecule has 0 aromatic heterocycles. The van der Waals surface area contributed by atoms with Crippen LogP contribution in [0.4, 0.5) is 0 Å². The first-order chi connectivity index (χ1) is 8.12. The van der Waals surface area contributed by atoms with Gasteiger partial charge >= 0.3 is 0 Å². The van der Waals surface area contributed by atoms with Crippen molar-refractivity contribution in [2.75, 3.05) is 0 Å². The Morgan fingerprint density at radius 2 is 1.18 bits per heavy atom. The van der Waals surface area contributed by atoms with Crippen molar-refractivity contribution in [3.63, 3.8) is 0 Å². The van der Waals surface area contributed by atoms with Crippen molar-refractivity contribution in [3.05, 3.63) is 48.5 Å². The Kier molecular flexibility index (Phi) is 2.38. The van der Waals surface area contributed by atoms with Gasteiger partial charge in [0.1, 0.15) is 8.07 Å². The molecule has 0 amide bonds. The predicted molar refractivity (Wildman–Crippen MR) is 81.9 cm³/mol. The lowest BCUT2D eigenvalue weighted by molar-refractivity contribution is 1.68. The molecule has 0 fully saturated rings. The summed E-state index contributed by atoms with van der Waals surface area (Å²) in [4.78, 5) is 0. The van der Waals surface area contributed by atoms with Gasteiger partial charge in [0.2, 0.25) is 0 Å². The highest BCUT2D eigenvalue weighted by molar-refractivity contribution is 7.10. The zero-order valence-electron chi connectivity index (χ0n) is 10.7. The lowest BCUT2D eigenvalue weighted by Crippen LogP contribution is -2.72. The van der Waals surface area contributed by atoms with Gasteiger partial charge < -0.3 is 0 Å². The fourth-order valence-electron chi connectivity index (χ4n) is 3.20. The average Bonchev–Trinajstić information content (AvgIpc) is 2.37. The summed E-state index contributed by atoms with van der Waals surface area (Å²) in [6, 6.07) is 18.3. The third kappa shape index (κ3) is 1.48. The van der Waals surface area contributed by atoms with Crippen molar-refractivity contribution in [2.24, 2.45) is 0 Å². The van der Waals surface area contributed by atoms with E-state index in [0.29, 0.717) is 0 Å². The van der Waals surface area contributed by atoms with E-state index in [-0.39, 0.29) is 0 Å². The fraction of sp³-hybridized carbons (Fsp3) is 0.200.